The molecule has 0 aliphatic rings. The van der Waals surface area contributed by atoms with E-state index in [1.165, 1.54) is 4.88 Å². The predicted octanol–water partition coefficient (Wildman–Crippen LogP) is 3.30. The van der Waals surface area contributed by atoms with E-state index >= 15 is 0 Å². The lowest BCUT2D eigenvalue weighted by molar-refractivity contribution is 0.380. The van der Waals surface area contributed by atoms with E-state index in [-0.39, 0.29) is 24.0 Å². The highest BCUT2D eigenvalue weighted by Crippen LogP contribution is 2.15. The maximum Gasteiger partial charge on any atom is 0.191 e. The zero-order valence-corrected chi connectivity index (χ0v) is 17.8. The van der Waals surface area contributed by atoms with Crippen molar-refractivity contribution >= 4 is 41.3 Å². The molecule has 0 radical (unpaired) electrons. The van der Waals surface area contributed by atoms with Crippen molar-refractivity contribution in [3.63, 3.8) is 0 Å². The molecule has 0 saturated carbocycles. The normalized spacial score (nSPS) is 11.2. The molecule has 0 fully saturated rings. The van der Waals surface area contributed by atoms with Gasteiger partial charge in [-0.3, -0.25) is 4.99 Å². The second kappa shape index (κ2) is 10.7. The summed E-state index contributed by atoms with van der Waals surface area (Å²) in [6, 6.07) is 0. The Labute approximate surface area is 164 Å². The molecule has 0 spiro atoms. The van der Waals surface area contributed by atoms with Gasteiger partial charge in [0.15, 0.2) is 5.96 Å². The summed E-state index contributed by atoms with van der Waals surface area (Å²) in [5, 5.41) is 11.8. The molecule has 134 valence electrons. The molecule has 0 aliphatic carbocycles. The maximum absolute atomic E-state index is 5.39. The molecule has 0 bridgehead atoms. The fourth-order valence-electron chi connectivity index (χ4n) is 2.28. The summed E-state index contributed by atoms with van der Waals surface area (Å²) in [6.07, 6.45) is 4.67. The summed E-state index contributed by atoms with van der Waals surface area (Å²) < 4.78 is 5.39. The summed E-state index contributed by atoms with van der Waals surface area (Å²) in [6.45, 7) is 7.63. The first-order valence-electron chi connectivity index (χ1n) is 8.06. The molecule has 2 rings (SSSR count). The first kappa shape index (κ1) is 20.9. The predicted molar refractivity (Wildman–Crippen MR) is 109 cm³/mol. The van der Waals surface area contributed by atoms with Gasteiger partial charge in [0.25, 0.3) is 0 Å². The Morgan fingerprint density at radius 2 is 1.92 bits per heavy atom. The van der Waals surface area contributed by atoms with Gasteiger partial charge >= 0.3 is 0 Å². The highest BCUT2D eigenvalue weighted by Gasteiger charge is 2.13. The van der Waals surface area contributed by atoms with Crippen LogP contribution in [-0.2, 0) is 32.4 Å². The van der Waals surface area contributed by atoms with E-state index in [9.17, 15) is 0 Å². The van der Waals surface area contributed by atoms with Gasteiger partial charge in [-0.25, -0.2) is 4.98 Å². The molecule has 8 heteroatoms. The number of aromatic nitrogens is 2. The van der Waals surface area contributed by atoms with Crippen LogP contribution in [0.25, 0.3) is 0 Å². The molecular formula is C16H26IN5OS. The van der Waals surface area contributed by atoms with Gasteiger partial charge in [-0.05, 0) is 12.8 Å². The fourth-order valence-corrected chi connectivity index (χ4v) is 3.09. The zero-order chi connectivity index (χ0) is 16.7. The highest BCUT2D eigenvalue weighted by molar-refractivity contribution is 14.0. The number of guanidine groups is 1. The molecule has 2 aromatic rings. The van der Waals surface area contributed by atoms with Crippen LogP contribution in [0.15, 0.2) is 15.7 Å². The first-order chi connectivity index (χ1) is 11.2. The Bertz CT molecular complexity index is 631. The van der Waals surface area contributed by atoms with Crippen LogP contribution in [0.1, 0.15) is 47.7 Å². The van der Waals surface area contributed by atoms with Crippen LogP contribution in [0.3, 0.4) is 0 Å². The number of rotatable bonds is 7. The SMILES string of the molecule is CCc1cnc(CNC(=NC)NCc2c(CC)noc2CC)s1.I. The minimum absolute atomic E-state index is 0. The van der Waals surface area contributed by atoms with Gasteiger partial charge in [0.05, 0.1) is 12.2 Å². The molecule has 0 amide bonds. The largest absolute Gasteiger partial charge is 0.361 e. The third kappa shape index (κ3) is 5.44. The Balaban J connectivity index is 0.00000288. The van der Waals surface area contributed by atoms with Gasteiger partial charge in [0.2, 0.25) is 0 Å². The Morgan fingerprint density at radius 1 is 1.17 bits per heavy atom. The fraction of sp³-hybridized carbons (Fsp3) is 0.562. The van der Waals surface area contributed by atoms with Crippen molar-refractivity contribution in [1.29, 1.82) is 0 Å². The van der Waals surface area contributed by atoms with E-state index in [4.69, 9.17) is 4.52 Å². The van der Waals surface area contributed by atoms with Gasteiger partial charge in [-0.1, -0.05) is 25.9 Å². The van der Waals surface area contributed by atoms with Crippen LogP contribution >= 0.6 is 35.3 Å². The average Bonchev–Trinajstić information content (AvgIpc) is 3.20. The quantitative estimate of drug-likeness (QED) is 0.375. The van der Waals surface area contributed by atoms with E-state index in [0.29, 0.717) is 13.1 Å². The standard InChI is InChI=1S/C16H25N5OS.HI/c1-5-11-8-18-15(23-11)10-20-16(17-4)19-9-12-13(6-2)21-22-14(12)7-3;/h8H,5-7,9-10H2,1-4H3,(H2,17,19,20);1H. The van der Waals surface area contributed by atoms with E-state index in [1.54, 1.807) is 18.4 Å². The number of halogens is 1. The molecule has 2 N–H and O–H groups in total. The van der Waals surface area contributed by atoms with Crippen molar-refractivity contribution in [3.8, 4) is 0 Å². The van der Waals surface area contributed by atoms with Gasteiger partial charge in [0, 0.05) is 36.7 Å². The Kier molecular flexibility index (Phi) is 9.27. The third-order valence-electron chi connectivity index (χ3n) is 3.62. The van der Waals surface area contributed by atoms with Crippen LogP contribution < -0.4 is 10.6 Å². The number of aliphatic imine (C=N–C) groups is 1. The number of nitrogens with zero attached hydrogens (tertiary/aromatic N) is 3. The number of hydrogen-bond donors (Lipinski definition) is 2. The molecule has 0 aromatic carbocycles. The molecule has 2 aromatic heterocycles. The molecule has 0 unspecified atom stereocenters. The van der Waals surface area contributed by atoms with E-state index in [2.05, 4.69) is 46.5 Å². The van der Waals surface area contributed by atoms with Crippen LogP contribution in [0.2, 0.25) is 0 Å². The maximum atomic E-state index is 5.39. The molecule has 0 aliphatic heterocycles. The summed E-state index contributed by atoms with van der Waals surface area (Å²) in [5.74, 6) is 1.70. The number of nitrogens with one attached hydrogen (secondary N) is 2. The average molecular weight is 463 g/mol. The molecule has 24 heavy (non-hydrogen) atoms. The molecular weight excluding hydrogens is 437 g/mol. The van der Waals surface area contributed by atoms with E-state index in [0.717, 1.165) is 47.2 Å². The van der Waals surface area contributed by atoms with Crippen LogP contribution in [0.5, 0.6) is 0 Å². The lowest BCUT2D eigenvalue weighted by Gasteiger charge is -2.11. The van der Waals surface area contributed by atoms with Crippen LogP contribution in [0.4, 0.5) is 0 Å². The lowest BCUT2D eigenvalue weighted by Crippen LogP contribution is -2.36. The number of thiazole rings is 1. The molecule has 2 heterocycles. The minimum atomic E-state index is 0. The van der Waals surface area contributed by atoms with Crippen molar-refractivity contribution < 1.29 is 4.52 Å². The Hall–Kier alpha value is -1.16. The molecule has 0 saturated heterocycles. The minimum Gasteiger partial charge on any atom is -0.361 e. The summed E-state index contributed by atoms with van der Waals surface area (Å²) >= 11 is 1.73. The smallest absolute Gasteiger partial charge is 0.191 e. The first-order valence-corrected chi connectivity index (χ1v) is 8.87. The molecule has 0 atom stereocenters. The molecule has 6 nitrogen and oxygen atoms in total. The zero-order valence-electron chi connectivity index (χ0n) is 14.7. The monoisotopic (exact) mass is 463 g/mol. The van der Waals surface area contributed by atoms with Gasteiger partial charge < -0.3 is 15.2 Å². The van der Waals surface area contributed by atoms with Crippen LogP contribution in [0, 0.1) is 0 Å². The van der Waals surface area contributed by atoms with Crippen molar-refractivity contribution in [1.82, 2.24) is 20.8 Å². The summed E-state index contributed by atoms with van der Waals surface area (Å²) in [4.78, 5) is 9.97. The second-order valence-corrected chi connectivity index (χ2v) is 6.29. The topological polar surface area (TPSA) is 75.3 Å². The van der Waals surface area contributed by atoms with Gasteiger partial charge in [0.1, 0.15) is 10.8 Å². The number of aryl methyl sites for hydroxylation is 3. The second-order valence-electron chi connectivity index (χ2n) is 5.09. The van der Waals surface area contributed by atoms with Gasteiger partial charge in [-0.2, -0.15) is 0 Å². The summed E-state index contributed by atoms with van der Waals surface area (Å²) in [5.41, 5.74) is 2.15. The Morgan fingerprint density at radius 3 is 2.50 bits per heavy atom. The highest BCUT2D eigenvalue weighted by atomic mass is 127. The lowest BCUT2D eigenvalue weighted by atomic mass is 10.1. The number of hydrogen-bond acceptors (Lipinski definition) is 5. The van der Waals surface area contributed by atoms with E-state index in [1.807, 2.05) is 6.20 Å². The van der Waals surface area contributed by atoms with Crippen molar-refractivity contribution in [2.45, 2.75) is 53.1 Å². The van der Waals surface area contributed by atoms with Crippen molar-refractivity contribution in [3.05, 3.63) is 33.1 Å². The van der Waals surface area contributed by atoms with Crippen LogP contribution in [-0.4, -0.2) is 23.1 Å². The van der Waals surface area contributed by atoms with E-state index < -0.39 is 0 Å². The third-order valence-corrected chi connectivity index (χ3v) is 4.76. The summed E-state index contributed by atoms with van der Waals surface area (Å²) in [7, 11) is 1.77. The van der Waals surface area contributed by atoms with Crippen molar-refractivity contribution in [2.24, 2.45) is 4.99 Å². The van der Waals surface area contributed by atoms with Gasteiger partial charge in [-0.15, -0.1) is 35.3 Å². The van der Waals surface area contributed by atoms with Crippen molar-refractivity contribution in [2.75, 3.05) is 7.05 Å².